The fraction of sp³-hybridized carbons (Fsp3) is 0.0385. The Balaban J connectivity index is 0.00000280. The molecule has 4 rings (SSSR count). The summed E-state index contributed by atoms with van der Waals surface area (Å²) in [5.74, 6) is -6.22. The topological polar surface area (TPSA) is 162 Å². The fourth-order valence-corrected chi connectivity index (χ4v) is 3.47. The van der Waals surface area contributed by atoms with E-state index in [1.807, 2.05) is 10.6 Å². The molecule has 0 spiro atoms. The molecule has 2 heterocycles. The summed E-state index contributed by atoms with van der Waals surface area (Å²) in [6.45, 7) is 0. The number of amides is 2. The molecule has 0 saturated carbocycles. The number of aromatic hydroxyl groups is 2. The molecule has 0 fully saturated rings. The Morgan fingerprint density at radius 3 is 1.46 bits per heavy atom. The summed E-state index contributed by atoms with van der Waals surface area (Å²) in [7, 11) is 0. The minimum absolute atomic E-state index is 0. The number of hydrogen-bond acceptors (Lipinski definition) is 7. The maximum Gasteiger partial charge on any atom is 2.00 e. The number of carbonyl (C=O) groups excluding carboxylic acids is 2. The van der Waals surface area contributed by atoms with Crippen LogP contribution >= 0.6 is 0 Å². The molecule has 5 N–H and O–H groups in total. The Morgan fingerprint density at radius 2 is 1.13 bits per heavy atom. The van der Waals surface area contributed by atoms with Crippen molar-refractivity contribution in [2.45, 2.75) is 6.17 Å². The van der Waals surface area contributed by atoms with Crippen LogP contribution in [0.3, 0.4) is 0 Å². The van der Waals surface area contributed by atoms with Crippen LogP contribution in [0.5, 0.6) is 11.5 Å². The maximum atomic E-state index is 13.5. The summed E-state index contributed by atoms with van der Waals surface area (Å²) in [6, 6.07) is 13.2. The van der Waals surface area contributed by atoms with Gasteiger partial charge in [0.05, 0.1) is 0 Å². The number of carboxylic acid groups (broad SMARTS) is 1. The first kappa shape index (κ1) is 29.7. The Hall–Kier alpha value is -3.82. The van der Waals surface area contributed by atoms with Crippen LogP contribution in [0, 0.1) is 11.6 Å². The average molecular weight is 660 g/mol. The van der Waals surface area contributed by atoms with E-state index in [0.717, 1.165) is 12.1 Å². The van der Waals surface area contributed by atoms with Crippen molar-refractivity contribution in [1.82, 2.24) is 20.6 Å². The third-order valence-electron chi connectivity index (χ3n) is 5.28. The van der Waals surface area contributed by atoms with Crippen LogP contribution in [-0.2, 0) is 4.79 Å². The van der Waals surface area contributed by atoms with Crippen molar-refractivity contribution in [2.75, 3.05) is 0 Å². The quantitative estimate of drug-likeness (QED) is 0.150. The van der Waals surface area contributed by atoms with Crippen molar-refractivity contribution < 1.29 is 41.3 Å². The van der Waals surface area contributed by atoms with E-state index in [0.29, 0.717) is 22.3 Å². The molecule has 2 aromatic heterocycles. The van der Waals surface area contributed by atoms with E-state index < -0.39 is 58.5 Å². The van der Waals surface area contributed by atoms with Gasteiger partial charge in [-0.1, -0.05) is 24.3 Å². The van der Waals surface area contributed by atoms with Gasteiger partial charge in [-0.15, -0.1) is 0 Å². The standard InChI is InChI=1S/C26H18F2N4O6.Ba.2H/c27-17-5-1-3-13(7-17)15-9-19(33)21(29-11-15)24(35)31-23(26(37)38)32-25(36)22-20(34)10-16(12-30-22)14-4-2-6-18(28)8-14;;;/h1-12,23,33-34H,(H,31,35)(H,32,36)(H,37,38);;;/q;+2;2*-1. The van der Waals surface area contributed by atoms with Crippen LogP contribution in [0.2, 0.25) is 0 Å². The normalized spacial score (nSPS) is 10.4. The van der Waals surface area contributed by atoms with Gasteiger partial charge in [-0.3, -0.25) is 9.59 Å². The van der Waals surface area contributed by atoms with Gasteiger partial charge >= 0.3 is 54.9 Å². The van der Waals surface area contributed by atoms with Crippen LogP contribution < -0.4 is 10.6 Å². The first-order valence-corrected chi connectivity index (χ1v) is 10.9. The summed E-state index contributed by atoms with van der Waals surface area (Å²) in [6.07, 6.45) is 0.364. The van der Waals surface area contributed by atoms with Crippen LogP contribution in [0.25, 0.3) is 22.3 Å². The van der Waals surface area contributed by atoms with E-state index in [-0.39, 0.29) is 51.7 Å². The number of aromatic nitrogens is 2. The number of pyridine rings is 2. The third-order valence-corrected chi connectivity index (χ3v) is 5.28. The van der Waals surface area contributed by atoms with E-state index in [4.69, 9.17) is 0 Å². The van der Waals surface area contributed by atoms with Gasteiger partial charge in [-0.05, 0) is 47.5 Å². The monoisotopic (exact) mass is 660 g/mol. The number of benzene rings is 2. The summed E-state index contributed by atoms with van der Waals surface area (Å²) < 4.78 is 26.9. The summed E-state index contributed by atoms with van der Waals surface area (Å²) in [5, 5.41) is 34.0. The van der Waals surface area contributed by atoms with Gasteiger partial charge in [0.15, 0.2) is 11.4 Å². The number of carboxylic acids is 1. The van der Waals surface area contributed by atoms with Crippen molar-refractivity contribution >= 4 is 66.7 Å². The van der Waals surface area contributed by atoms with Crippen LogP contribution in [-0.4, -0.2) is 98.1 Å². The third kappa shape index (κ3) is 7.19. The smallest absolute Gasteiger partial charge is 1.00 e. The van der Waals surface area contributed by atoms with Crippen LogP contribution in [0.1, 0.15) is 23.8 Å². The number of carbonyl (C=O) groups is 3. The van der Waals surface area contributed by atoms with Crippen LogP contribution in [0.4, 0.5) is 8.78 Å². The Morgan fingerprint density at radius 1 is 0.718 bits per heavy atom. The second-order valence-electron chi connectivity index (χ2n) is 7.92. The van der Waals surface area contributed by atoms with Gasteiger partial charge in [0, 0.05) is 23.5 Å². The minimum Gasteiger partial charge on any atom is -1.00 e. The molecule has 2 aromatic carbocycles. The zero-order valence-corrected chi connectivity index (χ0v) is 24.4. The fourth-order valence-electron chi connectivity index (χ4n) is 3.47. The Kier molecular flexibility index (Phi) is 9.77. The number of nitrogens with zero attached hydrogens (tertiary/aromatic N) is 2. The number of hydrogen-bond donors (Lipinski definition) is 5. The number of nitrogens with one attached hydrogen (secondary N) is 2. The molecule has 0 unspecified atom stereocenters. The summed E-state index contributed by atoms with van der Waals surface area (Å²) in [5.41, 5.74) is 0.254. The molecular formula is C26H20BaF2N4O6. The van der Waals surface area contributed by atoms with Crippen molar-refractivity contribution in [3.63, 3.8) is 0 Å². The zero-order valence-electron chi connectivity index (χ0n) is 21.9. The molecule has 4 aromatic rings. The Bertz CT molecular complexity index is 1470. The number of halogens is 2. The van der Waals surface area contributed by atoms with Crippen molar-refractivity contribution in [3.8, 4) is 33.8 Å². The van der Waals surface area contributed by atoms with Crippen molar-refractivity contribution in [2.24, 2.45) is 0 Å². The molecule has 0 aliphatic heterocycles. The molecule has 0 aliphatic carbocycles. The number of rotatable bonds is 7. The van der Waals surface area contributed by atoms with E-state index in [9.17, 15) is 38.5 Å². The van der Waals surface area contributed by atoms with E-state index in [1.165, 1.54) is 48.8 Å². The molecule has 0 bridgehead atoms. The van der Waals surface area contributed by atoms with Crippen molar-refractivity contribution in [1.29, 1.82) is 0 Å². The van der Waals surface area contributed by atoms with Crippen molar-refractivity contribution in [3.05, 3.63) is 96.1 Å². The molecule has 0 radical (unpaired) electrons. The second-order valence-corrected chi connectivity index (χ2v) is 7.92. The van der Waals surface area contributed by atoms with Gasteiger partial charge in [0.1, 0.15) is 23.1 Å². The molecule has 13 heteroatoms. The summed E-state index contributed by atoms with van der Waals surface area (Å²) >= 11 is 0. The predicted molar refractivity (Wildman–Crippen MR) is 137 cm³/mol. The van der Waals surface area contributed by atoms with Gasteiger partial charge in [-0.25, -0.2) is 23.5 Å². The van der Waals surface area contributed by atoms with Gasteiger partial charge in [0.25, 0.3) is 11.8 Å². The maximum absolute atomic E-state index is 13.5. The predicted octanol–water partition coefficient (Wildman–Crippen LogP) is 2.91. The first-order valence-electron chi connectivity index (χ1n) is 10.9. The van der Waals surface area contributed by atoms with Gasteiger partial charge in [-0.2, -0.15) is 0 Å². The minimum atomic E-state index is -2.00. The molecule has 0 aliphatic rings. The van der Waals surface area contributed by atoms with Crippen LogP contribution in [0.15, 0.2) is 73.1 Å². The summed E-state index contributed by atoms with van der Waals surface area (Å²) in [4.78, 5) is 44.5. The molecule has 39 heavy (non-hydrogen) atoms. The van der Waals surface area contributed by atoms with E-state index in [1.54, 1.807) is 12.1 Å². The first-order chi connectivity index (χ1) is 18.1. The molecule has 0 atom stereocenters. The molecular weight excluding hydrogens is 640 g/mol. The van der Waals surface area contributed by atoms with Gasteiger partial charge in [0.2, 0.25) is 6.17 Å². The molecule has 0 saturated heterocycles. The SMILES string of the molecule is O=C(NC(NC(=O)c1ncc(-c2cccc(F)c2)cc1O)C(=O)O)c1ncc(-c2cccc(F)c2)cc1O.[Ba+2].[H-].[H-]. The molecule has 2 amide bonds. The second kappa shape index (κ2) is 12.8. The Labute approximate surface area is 262 Å². The van der Waals surface area contributed by atoms with Gasteiger partial charge < -0.3 is 28.8 Å². The number of aliphatic carboxylic acids is 1. The van der Waals surface area contributed by atoms with E-state index in [2.05, 4.69) is 9.97 Å². The zero-order chi connectivity index (χ0) is 27.4. The molecule has 10 nitrogen and oxygen atoms in total. The largest absolute Gasteiger partial charge is 2.00 e. The van der Waals surface area contributed by atoms with E-state index >= 15 is 0 Å². The molecule has 196 valence electrons. The average Bonchev–Trinajstić information content (AvgIpc) is 2.88.